The highest BCUT2D eigenvalue weighted by atomic mass is 32.2. The number of aryl methyl sites for hydroxylation is 1. The summed E-state index contributed by atoms with van der Waals surface area (Å²) in [6.07, 6.45) is 12.9. The number of rotatable bonds is 7. The van der Waals surface area contributed by atoms with Crippen molar-refractivity contribution in [2.45, 2.75) is 67.3 Å². The van der Waals surface area contributed by atoms with Crippen LogP contribution < -0.4 is 4.90 Å². The average Bonchev–Trinajstić information content (AvgIpc) is 2.83. The topological polar surface area (TPSA) is 46.6 Å². The first-order chi connectivity index (χ1) is 16.2. The molecule has 2 aromatic carbocycles. The van der Waals surface area contributed by atoms with Gasteiger partial charge in [-0.15, -0.1) is 11.8 Å². The van der Waals surface area contributed by atoms with Crippen LogP contribution >= 0.6 is 11.8 Å². The predicted octanol–water partition coefficient (Wildman–Crippen LogP) is 6.16. The fourth-order valence-electron chi connectivity index (χ4n) is 5.65. The Morgan fingerprint density at radius 2 is 1.74 bits per heavy atom. The summed E-state index contributed by atoms with van der Waals surface area (Å²) in [5, 5.41) is 0. The molecule has 5 nitrogen and oxygen atoms in total. The summed E-state index contributed by atoms with van der Waals surface area (Å²) >= 11 is 1.72. The fourth-order valence-corrected chi connectivity index (χ4v) is 7.49. The minimum atomic E-state index is -3.90. The minimum Gasteiger partial charge on any atom is -0.350 e. The highest BCUT2D eigenvalue weighted by Gasteiger charge is 2.52. The number of anilines is 1. The lowest BCUT2D eigenvalue weighted by atomic mass is 9.76. The number of benzene rings is 2. The molecule has 0 radical (unpaired) electrons. The molecule has 0 spiro atoms. The summed E-state index contributed by atoms with van der Waals surface area (Å²) in [4.78, 5) is 3.56. The van der Waals surface area contributed by atoms with Gasteiger partial charge in [-0.25, -0.2) is 0 Å². The van der Waals surface area contributed by atoms with Crippen molar-refractivity contribution in [2.75, 3.05) is 25.3 Å². The zero-order valence-electron chi connectivity index (χ0n) is 20.7. The summed E-state index contributed by atoms with van der Waals surface area (Å²) in [6, 6.07) is 15.4. The number of thioether (sulfide) groups is 1. The Morgan fingerprint density at radius 1 is 1.03 bits per heavy atom. The van der Waals surface area contributed by atoms with Gasteiger partial charge in [-0.3, -0.25) is 0 Å². The van der Waals surface area contributed by atoms with Crippen LogP contribution in [0.5, 0.6) is 0 Å². The van der Waals surface area contributed by atoms with Crippen molar-refractivity contribution in [3.05, 3.63) is 66.4 Å². The number of quaternary nitrogens is 1. The number of para-hydroxylation sites is 1. The molecular weight excluding hydrogens is 464 g/mol. The van der Waals surface area contributed by atoms with Crippen molar-refractivity contribution in [3.8, 4) is 0 Å². The Balaban J connectivity index is 1.65. The maximum absolute atomic E-state index is 13.4. The number of likely N-dealkylation sites (tertiary alicyclic amines) is 1. The molecule has 1 aliphatic heterocycles. The highest BCUT2D eigenvalue weighted by molar-refractivity contribution is 7.98. The third-order valence-corrected chi connectivity index (χ3v) is 9.74. The van der Waals surface area contributed by atoms with E-state index in [1.165, 1.54) is 11.3 Å². The second kappa shape index (κ2) is 10.4. The number of hydroxylamine groups is 3. The molecule has 1 aliphatic carbocycles. The van der Waals surface area contributed by atoms with E-state index in [4.69, 9.17) is 4.28 Å². The molecule has 34 heavy (non-hydrogen) atoms. The van der Waals surface area contributed by atoms with Crippen LogP contribution in [-0.2, 0) is 14.4 Å². The van der Waals surface area contributed by atoms with E-state index in [0.29, 0.717) is 5.92 Å². The van der Waals surface area contributed by atoms with Gasteiger partial charge in [0.25, 0.3) is 0 Å². The number of likely N-dealkylation sites (N-methyl/N-ethyl adjacent to an activating group) is 1. The maximum atomic E-state index is 13.4. The van der Waals surface area contributed by atoms with Crippen LogP contribution in [-0.4, -0.2) is 45.5 Å². The molecule has 4 unspecified atom stereocenters. The lowest BCUT2D eigenvalue weighted by Crippen LogP contribution is -2.64. The molecule has 4 atom stereocenters. The Kier molecular flexibility index (Phi) is 7.77. The maximum Gasteiger partial charge on any atom is 0.342 e. The summed E-state index contributed by atoms with van der Waals surface area (Å²) in [5.41, 5.74) is 2.17. The van der Waals surface area contributed by atoms with E-state index >= 15 is 0 Å². The first-order valence-corrected chi connectivity index (χ1v) is 14.8. The highest BCUT2D eigenvalue weighted by Crippen LogP contribution is 2.44. The lowest BCUT2D eigenvalue weighted by molar-refractivity contribution is -1.10. The van der Waals surface area contributed by atoms with E-state index in [-0.39, 0.29) is 21.6 Å². The normalized spacial score (nSPS) is 27.5. The van der Waals surface area contributed by atoms with Gasteiger partial charge in [0.05, 0.1) is 10.6 Å². The standard InChI is InChI=1S/C27H37N2O3S2/c1-21-13-17-24(18-14-21)34(30,31)32-29(3)23(16-15-22-9-5-7-11-26(22)29)19-20-28(2)25-10-6-8-12-27(25)33-4/h6,8,10,12-14,17-20,22-23,26H,5,7,9,11,15-16H2,1-4H3/q+1. The van der Waals surface area contributed by atoms with Crippen LogP contribution in [0.3, 0.4) is 0 Å². The Hall–Kier alpha value is -1.80. The van der Waals surface area contributed by atoms with Crippen molar-refractivity contribution in [3.63, 3.8) is 0 Å². The van der Waals surface area contributed by atoms with Gasteiger partial charge in [-0.2, -0.15) is 13.1 Å². The molecule has 1 saturated heterocycles. The molecule has 1 heterocycles. The van der Waals surface area contributed by atoms with Gasteiger partial charge in [-0.1, -0.05) is 40.5 Å². The van der Waals surface area contributed by atoms with Crippen LogP contribution in [0.2, 0.25) is 0 Å². The summed E-state index contributed by atoms with van der Waals surface area (Å²) in [7, 11) is 0.134. The molecule has 7 heteroatoms. The van der Waals surface area contributed by atoms with Crippen molar-refractivity contribution < 1.29 is 17.3 Å². The molecule has 1 saturated carbocycles. The van der Waals surface area contributed by atoms with E-state index in [0.717, 1.165) is 43.4 Å². The number of fused-ring (bicyclic) bond motifs is 1. The lowest BCUT2D eigenvalue weighted by Gasteiger charge is -2.50. The molecule has 0 aromatic heterocycles. The largest absolute Gasteiger partial charge is 0.350 e. The third kappa shape index (κ3) is 5.23. The zero-order chi connectivity index (χ0) is 24.3. The van der Waals surface area contributed by atoms with Crippen LogP contribution in [0.15, 0.2) is 70.6 Å². The van der Waals surface area contributed by atoms with Gasteiger partial charge in [0.2, 0.25) is 0 Å². The first kappa shape index (κ1) is 25.3. The van der Waals surface area contributed by atoms with Crippen molar-refractivity contribution in [2.24, 2.45) is 5.92 Å². The second-order valence-corrected chi connectivity index (χ2v) is 12.2. The van der Waals surface area contributed by atoms with Gasteiger partial charge >= 0.3 is 10.1 Å². The summed E-state index contributed by atoms with van der Waals surface area (Å²) in [5.74, 6) is 0.506. The van der Waals surface area contributed by atoms with Gasteiger partial charge in [-0.05, 0) is 62.8 Å². The molecular formula is C27H37N2O3S2+. The van der Waals surface area contributed by atoms with Gasteiger partial charge in [0.15, 0.2) is 0 Å². The SMILES string of the molecule is CSc1ccccc1N(C)C=CC1CCC2CCCCC2[N+]1(C)OS(=O)(=O)c1ccc(C)cc1. The van der Waals surface area contributed by atoms with E-state index in [1.807, 2.05) is 39.2 Å². The predicted molar refractivity (Wildman–Crippen MR) is 140 cm³/mol. The zero-order valence-corrected chi connectivity index (χ0v) is 22.3. The first-order valence-electron chi connectivity index (χ1n) is 12.2. The van der Waals surface area contributed by atoms with Crippen molar-refractivity contribution in [1.29, 1.82) is 0 Å². The third-order valence-electron chi connectivity index (χ3n) is 7.58. The summed E-state index contributed by atoms with van der Waals surface area (Å²) in [6.45, 7) is 1.95. The van der Waals surface area contributed by atoms with Crippen LogP contribution in [0.4, 0.5) is 5.69 Å². The minimum absolute atomic E-state index is 0.0385. The van der Waals surface area contributed by atoms with E-state index in [2.05, 4.69) is 41.6 Å². The Morgan fingerprint density at radius 3 is 2.47 bits per heavy atom. The fraction of sp³-hybridized carbons (Fsp3) is 0.481. The van der Waals surface area contributed by atoms with Gasteiger partial charge < -0.3 is 4.90 Å². The molecule has 184 valence electrons. The smallest absolute Gasteiger partial charge is 0.342 e. The van der Waals surface area contributed by atoms with Crippen LogP contribution in [0, 0.1) is 12.8 Å². The Bertz CT molecular complexity index is 1120. The molecule has 2 fully saturated rings. The van der Waals surface area contributed by atoms with Gasteiger partial charge in [0.1, 0.15) is 19.1 Å². The second-order valence-electron chi connectivity index (χ2n) is 9.78. The molecule has 0 N–H and O–H groups in total. The van der Waals surface area contributed by atoms with E-state index in [1.54, 1.807) is 23.9 Å². The number of piperidine rings is 1. The quantitative estimate of drug-likeness (QED) is 0.336. The molecule has 2 aliphatic rings. The molecule has 0 amide bonds. The van der Waals surface area contributed by atoms with Crippen LogP contribution in [0.1, 0.15) is 44.1 Å². The number of hydrogen-bond donors (Lipinski definition) is 0. The number of hydrogen-bond acceptors (Lipinski definition) is 5. The molecule has 0 bridgehead atoms. The van der Waals surface area contributed by atoms with E-state index in [9.17, 15) is 8.42 Å². The van der Waals surface area contributed by atoms with Crippen molar-refractivity contribution >= 4 is 27.6 Å². The average molecular weight is 502 g/mol. The summed E-state index contributed by atoms with van der Waals surface area (Å²) < 4.78 is 33.1. The van der Waals surface area contributed by atoms with Crippen LogP contribution in [0.25, 0.3) is 0 Å². The molecule has 2 aromatic rings. The monoisotopic (exact) mass is 501 g/mol. The van der Waals surface area contributed by atoms with Crippen molar-refractivity contribution in [1.82, 2.24) is 0 Å². The number of nitrogens with zero attached hydrogens (tertiary/aromatic N) is 2. The Labute approximate surface area is 209 Å². The molecule has 4 rings (SSSR count). The van der Waals surface area contributed by atoms with E-state index < -0.39 is 10.1 Å². The van der Waals surface area contributed by atoms with Gasteiger partial charge in [0, 0.05) is 36.9 Å².